The van der Waals surface area contributed by atoms with E-state index in [9.17, 15) is 0 Å². The molecule has 3 heteroatoms. The molecule has 0 aliphatic carbocycles. The summed E-state index contributed by atoms with van der Waals surface area (Å²) in [6, 6.07) is 12.4. The van der Waals surface area contributed by atoms with Gasteiger partial charge in [-0.25, -0.2) is 0 Å². The lowest BCUT2D eigenvalue weighted by Crippen LogP contribution is -2.17. The maximum atomic E-state index is 5.94. The molecule has 20 heavy (non-hydrogen) atoms. The van der Waals surface area contributed by atoms with Gasteiger partial charge >= 0.3 is 0 Å². The molecule has 0 heterocycles. The van der Waals surface area contributed by atoms with Crippen LogP contribution in [0.4, 0.5) is 0 Å². The molecule has 2 nitrogen and oxygen atoms in total. The monoisotopic (exact) mass is 333 g/mol. The fraction of sp³-hybridized carbons (Fsp3) is 0.294. The fourth-order valence-electron chi connectivity index (χ4n) is 2.14. The number of benzene rings is 2. The van der Waals surface area contributed by atoms with Gasteiger partial charge in [-0.2, -0.15) is 0 Å². The molecule has 1 unspecified atom stereocenters. The number of hydrogen-bond acceptors (Lipinski definition) is 2. The Hall–Kier alpha value is -1.32. The largest absolute Gasteiger partial charge is 0.457 e. The minimum atomic E-state index is 0.150. The Labute approximate surface area is 129 Å². The minimum absolute atomic E-state index is 0.150. The molecule has 0 amide bonds. The molecule has 2 aromatic carbocycles. The molecule has 0 radical (unpaired) electrons. The van der Waals surface area contributed by atoms with Gasteiger partial charge in [-0.05, 0) is 56.5 Å². The van der Waals surface area contributed by atoms with Crippen LogP contribution in [-0.2, 0) is 6.42 Å². The van der Waals surface area contributed by atoms with E-state index in [1.807, 2.05) is 25.1 Å². The molecular weight excluding hydrogens is 314 g/mol. The number of aryl methyl sites for hydroxylation is 2. The lowest BCUT2D eigenvalue weighted by Gasteiger charge is -2.12. The Balaban J connectivity index is 2.20. The summed E-state index contributed by atoms with van der Waals surface area (Å²) in [7, 11) is 0. The number of rotatable bonds is 4. The summed E-state index contributed by atoms with van der Waals surface area (Å²) in [5, 5.41) is 0. The molecule has 2 rings (SSSR count). The smallest absolute Gasteiger partial charge is 0.130 e. The molecule has 0 aliphatic heterocycles. The number of ether oxygens (including phenoxy) is 1. The van der Waals surface area contributed by atoms with E-state index in [0.717, 1.165) is 28.0 Å². The van der Waals surface area contributed by atoms with Crippen molar-refractivity contribution in [2.75, 3.05) is 0 Å². The van der Waals surface area contributed by atoms with Gasteiger partial charge < -0.3 is 10.5 Å². The predicted octanol–water partition coefficient (Wildman–Crippen LogP) is 4.75. The number of halogens is 1. The summed E-state index contributed by atoms with van der Waals surface area (Å²) in [4.78, 5) is 0. The second-order valence-corrected chi connectivity index (χ2v) is 6.16. The number of nitrogens with two attached hydrogens (primary N) is 1. The van der Waals surface area contributed by atoms with E-state index in [-0.39, 0.29) is 6.04 Å². The Morgan fingerprint density at radius 1 is 1.15 bits per heavy atom. The Morgan fingerprint density at radius 3 is 2.50 bits per heavy atom. The van der Waals surface area contributed by atoms with E-state index in [1.54, 1.807) is 0 Å². The maximum Gasteiger partial charge on any atom is 0.130 e. The first-order valence-electron chi connectivity index (χ1n) is 6.75. The molecule has 0 saturated carbocycles. The van der Waals surface area contributed by atoms with Gasteiger partial charge in [0, 0.05) is 10.5 Å². The van der Waals surface area contributed by atoms with Crippen molar-refractivity contribution >= 4 is 15.9 Å². The topological polar surface area (TPSA) is 35.2 Å². The van der Waals surface area contributed by atoms with Crippen LogP contribution in [-0.4, -0.2) is 6.04 Å². The maximum absolute atomic E-state index is 5.94. The van der Waals surface area contributed by atoms with E-state index >= 15 is 0 Å². The van der Waals surface area contributed by atoms with Crippen LogP contribution >= 0.6 is 15.9 Å². The Bertz CT molecular complexity index is 608. The zero-order valence-electron chi connectivity index (χ0n) is 12.1. The quantitative estimate of drug-likeness (QED) is 0.876. The molecular formula is C17H20BrNO. The summed E-state index contributed by atoms with van der Waals surface area (Å²) in [6.07, 6.45) is 0.852. The third kappa shape index (κ3) is 3.84. The van der Waals surface area contributed by atoms with Crippen molar-refractivity contribution in [2.24, 2.45) is 5.73 Å². The van der Waals surface area contributed by atoms with E-state index in [0.29, 0.717) is 0 Å². The highest BCUT2D eigenvalue weighted by Crippen LogP contribution is 2.29. The van der Waals surface area contributed by atoms with Gasteiger partial charge in [0.05, 0.1) is 0 Å². The summed E-state index contributed by atoms with van der Waals surface area (Å²) in [5.41, 5.74) is 9.42. The van der Waals surface area contributed by atoms with Crippen molar-refractivity contribution in [3.8, 4) is 11.5 Å². The van der Waals surface area contributed by atoms with Crippen molar-refractivity contribution in [3.05, 3.63) is 57.6 Å². The molecule has 0 fully saturated rings. The summed E-state index contributed by atoms with van der Waals surface area (Å²) < 4.78 is 6.98. The summed E-state index contributed by atoms with van der Waals surface area (Å²) >= 11 is 3.58. The van der Waals surface area contributed by atoms with Crippen molar-refractivity contribution < 1.29 is 4.74 Å². The number of hydrogen-bond donors (Lipinski definition) is 1. The molecule has 0 aromatic heterocycles. The van der Waals surface area contributed by atoms with Crippen LogP contribution < -0.4 is 10.5 Å². The summed E-state index contributed by atoms with van der Waals surface area (Å²) in [5.74, 6) is 1.72. The summed E-state index contributed by atoms with van der Waals surface area (Å²) in [6.45, 7) is 6.14. The Morgan fingerprint density at radius 2 is 1.90 bits per heavy atom. The zero-order valence-corrected chi connectivity index (χ0v) is 13.7. The Kier molecular flexibility index (Phi) is 4.84. The highest BCUT2D eigenvalue weighted by atomic mass is 79.9. The minimum Gasteiger partial charge on any atom is -0.457 e. The first-order valence-corrected chi connectivity index (χ1v) is 7.54. The van der Waals surface area contributed by atoms with Crippen molar-refractivity contribution in [2.45, 2.75) is 33.2 Å². The zero-order chi connectivity index (χ0) is 14.7. The van der Waals surface area contributed by atoms with E-state index in [2.05, 4.69) is 48.0 Å². The van der Waals surface area contributed by atoms with Gasteiger partial charge in [-0.15, -0.1) is 0 Å². The van der Waals surface area contributed by atoms with E-state index in [1.165, 1.54) is 11.1 Å². The first-order chi connectivity index (χ1) is 9.45. The van der Waals surface area contributed by atoms with Crippen LogP contribution in [0.25, 0.3) is 0 Å². The highest BCUT2D eigenvalue weighted by Gasteiger charge is 2.07. The van der Waals surface area contributed by atoms with Gasteiger partial charge in [0.25, 0.3) is 0 Å². The second kappa shape index (κ2) is 6.42. The second-order valence-electron chi connectivity index (χ2n) is 5.31. The molecule has 0 aliphatic rings. The predicted molar refractivity (Wildman–Crippen MR) is 87.5 cm³/mol. The molecule has 0 spiro atoms. The van der Waals surface area contributed by atoms with Crippen molar-refractivity contribution in [1.29, 1.82) is 0 Å². The molecule has 0 saturated heterocycles. The van der Waals surface area contributed by atoms with Crippen molar-refractivity contribution in [3.63, 3.8) is 0 Å². The van der Waals surface area contributed by atoms with Crippen LogP contribution in [0.5, 0.6) is 11.5 Å². The van der Waals surface area contributed by atoms with E-state index in [4.69, 9.17) is 10.5 Å². The average Bonchev–Trinajstić information content (AvgIpc) is 2.36. The third-order valence-electron chi connectivity index (χ3n) is 3.12. The third-order valence-corrected chi connectivity index (χ3v) is 3.86. The molecule has 0 bridgehead atoms. The van der Waals surface area contributed by atoms with Crippen LogP contribution in [0, 0.1) is 13.8 Å². The normalized spacial score (nSPS) is 12.2. The molecule has 106 valence electrons. The molecule has 2 aromatic rings. The molecule has 1 atom stereocenters. The van der Waals surface area contributed by atoms with Gasteiger partial charge in [0.1, 0.15) is 11.5 Å². The lowest BCUT2D eigenvalue weighted by atomic mass is 10.1. The van der Waals surface area contributed by atoms with Crippen molar-refractivity contribution in [1.82, 2.24) is 0 Å². The van der Waals surface area contributed by atoms with Crippen LogP contribution in [0.1, 0.15) is 23.6 Å². The van der Waals surface area contributed by atoms with Gasteiger partial charge in [-0.1, -0.05) is 39.7 Å². The van der Waals surface area contributed by atoms with Gasteiger partial charge in [-0.3, -0.25) is 0 Å². The SMILES string of the molecule is Cc1ccc(Oc2ccc(CC(C)N)c(Br)c2)c(C)c1. The lowest BCUT2D eigenvalue weighted by molar-refractivity contribution is 0.478. The standard InChI is InChI=1S/C17H20BrNO/c1-11-4-7-17(12(2)8-11)20-15-6-5-14(9-13(3)19)16(18)10-15/h4-8,10,13H,9,19H2,1-3H3. The van der Waals surface area contributed by atoms with Crippen LogP contribution in [0.2, 0.25) is 0 Å². The van der Waals surface area contributed by atoms with Crippen LogP contribution in [0.3, 0.4) is 0 Å². The fourth-order valence-corrected chi connectivity index (χ4v) is 2.66. The van der Waals surface area contributed by atoms with Crippen LogP contribution in [0.15, 0.2) is 40.9 Å². The molecule has 2 N–H and O–H groups in total. The van der Waals surface area contributed by atoms with Gasteiger partial charge in [0.2, 0.25) is 0 Å². The average molecular weight is 334 g/mol. The first kappa shape index (κ1) is 15.1. The van der Waals surface area contributed by atoms with Gasteiger partial charge in [0.15, 0.2) is 0 Å². The highest BCUT2D eigenvalue weighted by molar-refractivity contribution is 9.10. The van der Waals surface area contributed by atoms with E-state index < -0.39 is 0 Å².